The van der Waals surface area contributed by atoms with Crippen molar-refractivity contribution < 1.29 is 14.3 Å². The van der Waals surface area contributed by atoms with Crippen molar-refractivity contribution in [1.29, 1.82) is 0 Å². The number of nitrogens with zero attached hydrogens (tertiary/aromatic N) is 1. The van der Waals surface area contributed by atoms with Crippen molar-refractivity contribution in [3.63, 3.8) is 0 Å². The summed E-state index contributed by atoms with van der Waals surface area (Å²) in [5.74, 6) is 1.34. The first-order valence-electron chi connectivity index (χ1n) is 7.85. The number of thiophene rings is 1. The van der Waals surface area contributed by atoms with Gasteiger partial charge < -0.3 is 14.8 Å². The molecule has 7 heteroatoms. The lowest BCUT2D eigenvalue weighted by molar-refractivity contribution is 0.102. The Morgan fingerprint density at radius 3 is 2.76 bits per heavy atom. The van der Waals surface area contributed by atoms with Gasteiger partial charge >= 0.3 is 0 Å². The van der Waals surface area contributed by atoms with Crippen molar-refractivity contribution in [1.82, 2.24) is 10.2 Å². The van der Waals surface area contributed by atoms with Crippen LogP contribution >= 0.6 is 11.3 Å². The number of carbonyl (C=O) groups excluding carboxylic acids is 1. The van der Waals surface area contributed by atoms with Gasteiger partial charge in [-0.2, -0.15) is 5.10 Å². The Hall–Kier alpha value is -2.80. The minimum absolute atomic E-state index is 0.262. The smallest absolute Gasteiger partial charge is 0.257 e. The third kappa shape index (κ3) is 3.83. The molecule has 2 N–H and O–H groups in total. The van der Waals surface area contributed by atoms with Crippen LogP contribution in [0.5, 0.6) is 11.5 Å². The zero-order chi connectivity index (χ0) is 17.8. The first kappa shape index (κ1) is 17.0. The van der Waals surface area contributed by atoms with Gasteiger partial charge in [-0.1, -0.05) is 0 Å². The average Bonchev–Trinajstić information content (AvgIpc) is 3.24. The monoisotopic (exact) mass is 357 g/mol. The molecule has 0 aliphatic carbocycles. The van der Waals surface area contributed by atoms with Crippen LogP contribution in [0.1, 0.15) is 22.2 Å². The van der Waals surface area contributed by atoms with E-state index in [9.17, 15) is 4.79 Å². The third-order valence-electron chi connectivity index (χ3n) is 3.55. The molecule has 25 heavy (non-hydrogen) atoms. The average molecular weight is 357 g/mol. The van der Waals surface area contributed by atoms with Gasteiger partial charge in [0.2, 0.25) is 0 Å². The summed E-state index contributed by atoms with van der Waals surface area (Å²) in [5, 5.41) is 9.88. The van der Waals surface area contributed by atoms with Gasteiger partial charge in [0.1, 0.15) is 0 Å². The van der Waals surface area contributed by atoms with E-state index in [4.69, 9.17) is 9.47 Å². The number of aryl methyl sites for hydroxylation is 1. The normalized spacial score (nSPS) is 10.5. The highest BCUT2D eigenvalue weighted by atomic mass is 32.1. The Morgan fingerprint density at radius 1 is 1.24 bits per heavy atom. The van der Waals surface area contributed by atoms with Crippen LogP contribution in [0, 0.1) is 6.92 Å². The fourth-order valence-corrected chi connectivity index (χ4v) is 3.20. The standard InChI is InChI=1S/C18H19N3O3S/c1-4-24-14-7-6-12(9-15(14)23-3)18(22)19-17-10-13(20-21-17)16-8-5-11(2)25-16/h5-10H,4H2,1-3H3,(H2,19,20,21,22). The van der Waals surface area contributed by atoms with Crippen molar-refractivity contribution in [2.24, 2.45) is 0 Å². The molecule has 0 radical (unpaired) electrons. The number of hydrogen-bond acceptors (Lipinski definition) is 5. The second-order valence-electron chi connectivity index (χ2n) is 5.33. The highest BCUT2D eigenvalue weighted by molar-refractivity contribution is 7.15. The summed E-state index contributed by atoms with van der Waals surface area (Å²) in [4.78, 5) is 14.7. The highest BCUT2D eigenvalue weighted by Gasteiger charge is 2.13. The van der Waals surface area contributed by atoms with Crippen LogP contribution in [0.25, 0.3) is 10.6 Å². The molecule has 130 valence electrons. The van der Waals surface area contributed by atoms with E-state index in [-0.39, 0.29) is 5.91 Å². The number of aromatic amines is 1. The van der Waals surface area contributed by atoms with Crippen LogP contribution in [-0.4, -0.2) is 29.8 Å². The number of nitrogens with one attached hydrogen (secondary N) is 2. The van der Waals surface area contributed by atoms with E-state index in [0.29, 0.717) is 29.5 Å². The molecule has 1 aromatic carbocycles. The maximum atomic E-state index is 12.4. The number of anilines is 1. The van der Waals surface area contributed by atoms with Crippen LogP contribution in [0.15, 0.2) is 36.4 Å². The Kier molecular flexibility index (Phi) is 5.04. The van der Waals surface area contributed by atoms with Crippen LogP contribution < -0.4 is 14.8 Å². The molecule has 3 rings (SSSR count). The SMILES string of the molecule is CCOc1ccc(C(=O)Nc2cc(-c3ccc(C)s3)[nH]n2)cc1OC. The first-order chi connectivity index (χ1) is 12.1. The summed E-state index contributed by atoms with van der Waals surface area (Å²) < 4.78 is 10.7. The van der Waals surface area contributed by atoms with Crippen LogP contribution in [0.4, 0.5) is 5.82 Å². The topological polar surface area (TPSA) is 76.2 Å². The van der Waals surface area contributed by atoms with E-state index in [1.54, 1.807) is 36.6 Å². The molecule has 0 fully saturated rings. The molecular weight excluding hydrogens is 338 g/mol. The number of rotatable bonds is 6. The third-order valence-corrected chi connectivity index (χ3v) is 4.58. The van der Waals surface area contributed by atoms with Gasteiger partial charge in [-0.25, -0.2) is 0 Å². The molecule has 0 spiro atoms. The molecular formula is C18H19N3O3S. The Labute approximate surface area is 149 Å². The van der Waals surface area contributed by atoms with E-state index in [1.165, 1.54) is 4.88 Å². The molecule has 6 nitrogen and oxygen atoms in total. The van der Waals surface area contributed by atoms with E-state index in [1.807, 2.05) is 32.0 Å². The van der Waals surface area contributed by atoms with Crippen LogP contribution in [-0.2, 0) is 0 Å². The number of H-pyrrole nitrogens is 1. The lowest BCUT2D eigenvalue weighted by Gasteiger charge is -2.10. The largest absolute Gasteiger partial charge is 0.493 e. The van der Waals surface area contributed by atoms with Crippen molar-refractivity contribution in [2.75, 3.05) is 19.0 Å². The molecule has 0 saturated carbocycles. The minimum Gasteiger partial charge on any atom is -0.493 e. The lowest BCUT2D eigenvalue weighted by atomic mass is 10.2. The molecule has 3 aromatic rings. The van der Waals surface area contributed by atoms with Crippen molar-refractivity contribution in [3.05, 3.63) is 46.8 Å². The summed E-state index contributed by atoms with van der Waals surface area (Å²) in [6.07, 6.45) is 0. The Bertz CT molecular complexity index is 885. The number of methoxy groups -OCH3 is 1. The van der Waals surface area contributed by atoms with Crippen LogP contribution in [0.3, 0.4) is 0 Å². The van der Waals surface area contributed by atoms with Gasteiger partial charge in [0, 0.05) is 16.5 Å². The number of ether oxygens (including phenoxy) is 2. The number of hydrogen-bond donors (Lipinski definition) is 2. The zero-order valence-corrected chi connectivity index (χ0v) is 15.1. The fraction of sp³-hybridized carbons (Fsp3) is 0.222. The predicted molar refractivity (Wildman–Crippen MR) is 98.8 cm³/mol. The molecule has 2 aromatic heterocycles. The van der Waals surface area contributed by atoms with Gasteiger partial charge in [0.25, 0.3) is 5.91 Å². The number of benzene rings is 1. The number of amides is 1. The lowest BCUT2D eigenvalue weighted by Crippen LogP contribution is -2.12. The van der Waals surface area contributed by atoms with Crippen molar-refractivity contribution >= 4 is 23.1 Å². The molecule has 0 saturated heterocycles. The maximum Gasteiger partial charge on any atom is 0.257 e. The molecule has 0 aliphatic heterocycles. The quantitative estimate of drug-likeness (QED) is 0.696. The molecule has 0 atom stereocenters. The molecule has 0 bridgehead atoms. The predicted octanol–water partition coefficient (Wildman–Crippen LogP) is 4.11. The van der Waals surface area contributed by atoms with Gasteiger partial charge in [-0.3, -0.25) is 9.89 Å². The molecule has 1 amide bonds. The molecule has 0 aliphatic rings. The van der Waals surface area contributed by atoms with Crippen LogP contribution in [0.2, 0.25) is 0 Å². The molecule has 0 unspecified atom stereocenters. The van der Waals surface area contributed by atoms with Crippen molar-refractivity contribution in [2.45, 2.75) is 13.8 Å². The van der Waals surface area contributed by atoms with E-state index >= 15 is 0 Å². The van der Waals surface area contributed by atoms with E-state index in [2.05, 4.69) is 15.5 Å². The fourth-order valence-electron chi connectivity index (χ4n) is 2.36. The minimum atomic E-state index is -0.262. The second-order valence-corrected chi connectivity index (χ2v) is 6.62. The summed E-state index contributed by atoms with van der Waals surface area (Å²) in [5.41, 5.74) is 1.34. The summed E-state index contributed by atoms with van der Waals surface area (Å²) >= 11 is 1.67. The van der Waals surface area contributed by atoms with E-state index < -0.39 is 0 Å². The Morgan fingerprint density at radius 2 is 2.08 bits per heavy atom. The zero-order valence-electron chi connectivity index (χ0n) is 14.3. The summed E-state index contributed by atoms with van der Waals surface area (Å²) in [6, 6.07) is 11.0. The highest BCUT2D eigenvalue weighted by Crippen LogP contribution is 2.29. The summed E-state index contributed by atoms with van der Waals surface area (Å²) in [6.45, 7) is 4.47. The van der Waals surface area contributed by atoms with Gasteiger partial charge in [0.05, 0.1) is 24.3 Å². The van der Waals surface area contributed by atoms with Gasteiger partial charge in [-0.15, -0.1) is 11.3 Å². The second kappa shape index (κ2) is 7.40. The number of aromatic nitrogens is 2. The van der Waals surface area contributed by atoms with E-state index in [0.717, 1.165) is 10.6 Å². The van der Waals surface area contributed by atoms with Gasteiger partial charge in [0.15, 0.2) is 17.3 Å². The van der Waals surface area contributed by atoms with Crippen molar-refractivity contribution in [3.8, 4) is 22.1 Å². The Balaban J connectivity index is 1.75. The number of carbonyl (C=O) groups is 1. The first-order valence-corrected chi connectivity index (χ1v) is 8.66. The van der Waals surface area contributed by atoms with Gasteiger partial charge in [-0.05, 0) is 44.2 Å². The summed E-state index contributed by atoms with van der Waals surface area (Å²) in [7, 11) is 1.54. The maximum absolute atomic E-state index is 12.4. The molecule has 2 heterocycles.